The second-order valence-corrected chi connectivity index (χ2v) is 6.54. The highest BCUT2D eigenvalue weighted by Gasteiger charge is 2.28. The SMILES string of the molecule is Cc1ccnc(F)c1C1CCC(c2cc(Cl)nnc2Cl)CC1. The summed E-state index contributed by atoms with van der Waals surface area (Å²) in [6.45, 7) is 1.94. The lowest BCUT2D eigenvalue weighted by Crippen LogP contribution is -2.15. The van der Waals surface area contributed by atoms with Crippen molar-refractivity contribution in [2.45, 2.75) is 44.4 Å². The maximum atomic E-state index is 14.0. The van der Waals surface area contributed by atoms with E-state index < -0.39 is 0 Å². The third-order valence-corrected chi connectivity index (χ3v) is 4.96. The highest BCUT2D eigenvalue weighted by Crippen LogP contribution is 2.43. The van der Waals surface area contributed by atoms with E-state index in [2.05, 4.69) is 15.2 Å². The Kier molecular flexibility index (Phi) is 4.59. The van der Waals surface area contributed by atoms with Crippen LogP contribution in [-0.2, 0) is 0 Å². The molecule has 116 valence electrons. The molecule has 0 N–H and O–H groups in total. The van der Waals surface area contributed by atoms with Crippen LogP contribution in [0, 0.1) is 12.9 Å². The lowest BCUT2D eigenvalue weighted by Gasteiger charge is -2.30. The van der Waals surface area contributed by atoms with E-state index in [-0.39, 0.29) is 11.9 Å². The quantitative estimate of drug-likeness (QED) is 0.717. The molecule has 0 radical (unpaired) electrons. The molecule has 0 aliphatic heterocycles. The minimum Gasteiger partial charge on any atom is -0.228 e. The molecule has 1 aliphatic rings. The molecule has 0 atom stereocenters. The van der Waals surface area contributed by atoms with Gasteiger partial charge >= 0.3 is 0 Å². The summed E-state index contributed by atoms with van der Waals surface area (Å²) >= 11 is 12.0. The van der Waals surface area contributed by atoms with Crippen LogP contribution in [0.3, 0.4) is 0 Å². The number of aryl methyl sites for hydroxylation is 1. The van der Waals surface area contributed by atoms with E-state index in [4.69, 9.17) is 23.2 Å². The van der Waals surface area contributed by atoms with Crippen LogP contribution < -0.4 is 0 Å². The molecular formula is C16H16Cl2FN3. The van der Waals surface area contributed by atoms with Gasteiger partial charge in [0.1, 0.15) is 0 Å². The van der Waals surface area contributed by atoms with Crippen LogP contribution in [0.2, 0.25) is 10.3 Å². The number of halogens is 3. The molecular weight excluding hydrogens is 324 g/mol. The van der Waals surface area contributed by atoms with Gasteiger partial charge in [0.2, 0.25) is 5.95 Å². The zero-order chi connectivity index (χ0) is 15.7. The molecule has 0 spiro atoms. The van der Waals surface area contributed by atoms with Gasteiger partial charge in [-0.05, 0) is 67.7 Å². The van der Waals surface area contributed by atoms with E-state index in [1.54, 1.807) is 6.07 Å². The van der Waals surface area contributed by atoms with Crippen molar-refractivity contribution in [2.24, 2.45) is 0 Å². The van der Waals surface area contributed by atoms with Gasteiger partial charge in [-0.2, -0.15) is 4.39 Å². The van der Waals surface area contributed by atoms with Gasteiger partial charge in [-0.3, -0.25) is 0 Å². The Hall–Kier alpha value is -1.26. The van der Waals surface area contributed by atoms with Gasteiger partial charge in [-0.15, -0.1) is 10.2 Å². The Balaban J connectivity index is 1.77. The Bertz CT molecular complexity index is 665. The molecule has 0 unspecified atom stereocenters. The first kappa shape index (κ1) is 15.6. The fourth-order valence-corrected chi connectivity index (χ4v) is 3.77. The standard InChI is InChI=1S/C16H16Cl2FN3/c1-9-6-7-20-16(19)14(9)11-4-2-10(3-5-11)12-8-13(17)21-22-15(12)18/h6-8,10-11H,2-5H2,1H3. The zero-order valence-corrected chi connectivity index (χ0v) is 13.7. The molecule has 6 heteroatoms. The lowest BCUT2D eigenvalue weighted by atomic mass is 9.76. The summed E-state index contributed by atoms with van der Waals surface area (Å²) < 4.78 is 14.0. The Labute approximate surface area is 138 Å². The Morgan fingerprint density at radius 3 is 2.45 bits per heavy atom. The monoisotopic (exact) mass is 339 g/mol. The molecule has 1 aliphatic carbocycles. The van der Waals surface area contributed by atoms with Crippen molar-refractivity contribution in [3.63, 3.8) is 0 Å². The number of hydrogen-bond donors (Lipinski definition) is 0. The Morgan fingerprint density at radius 2 is 1.77 bits per heavy atom. The minimum atomic E-state index is -0.338. The maximum Gasteiger partial charge on any atom is 0.216 e. The van der Waals surface area contributed by atoms with E-state index >= 15 is 0 Å². The molecule has 0 saturated heterocycles. The van der Waals surface area contributed by atoms with Crippen LogP contribution in [0.5, 0.6) is 0 Å². The molecule has 3 rings (SSSR count). The summed E-state index contributed by atoms with van der Waals surface area (Å²) in [4.78, 5) is 3.79. The molecule has 0 bridgehead atoms. The number of rotatable bonds is 2. The summed E-state index contributed by atoms with van der Waals surface area (Å²) in [5.74, 6) is 0.181. The first-order chi connectivity index (χ1) is 10.6. The molecule has 1 saturated carbocycles. The molecule has 0 amide bonds. The van der Waals surface area contributed by atoms with Crippen LogP contribution in [0.4, 0.5) is 4.39 Å². The normalized spacial score (nSPS) is 21.8. The van der Waals surface area contributed by atoms with Crippen LogP contribution in [0.25, 0.3) is 0 Å². The van der Waals surface area contributed by atoms with Gasteiger partial charge in [-0.25, -0.2) is 4.98 Å². The number of aromatic nitrogens is 3. The van der Waals surface area contributed by atoms with E-state index in [1.165, 1.54) is 6.20 Å². The van der Waals surface area contributed by atoms with Crippen molar-refractivity contribution in [3.8, 4) is 0 Å². The highest BCUT2D eigenvalue weighted by molar-refractivity contribution is 6.31. The van der Waals surface area contributed by atoms with Crippen molar-refractivity contribution < 1.29 is 4.39 Å². The topological polar surface area (TPSA) is 38.7 Å². The van der Waals surface area contributed by atoms with Gasteiger partial charge in [0.25, 0.3) is 0 Å². The van der Waals surface area contributed by atoms with Gasteiger partial charge in [-0.1, -0.05) is 23.2 Å². The van der Waals surface area contributed by atoms with Crippen LogP contribution in [-0.4, -0.2) is 15.2 Å². The summed E-state index contributed by atoms with van der Waals surface area (Å²) in [7, 11) is 0. The van der Waals surface area contributed by atoms with Crippen molar-refractivity contribution in [3.05, 3.63) is 51.3 Å². The second-order valence-electron chi connectivity index (χ2n) is 5.79. The number of hydrogen-bond acceptors (Lipinski definition) is 3. The number of pyridine rings is 1. The van der Waals surface area contributed by atoms with Gasteiger partial charge in [0.15, 0.2) is 10.3 Å². The number of nitrogens with zero attached hydrogens (tertiary/aromatic N) is 3. The average Bonchev–Trinajstić information content (AvgIpc) is 2.50. The first-order valence-corrected chi connectivity index (χ1v) is 8.11. The van der Waals surface area contributed by atoms with Gasteiger partial charge < -0.3 is 0 Å². The molecule has 2 aromatic heterocycles. The van der Waals surface area contributed by atoms with Crippen LogP contribution in [0.15, 0.2) is 18.3 Å². The van der Waals surface area contributed by atoms with E-state index in [1.807, 2.05) is 13.0 Å². The van der Waals surface area contributed by atoms with Crippen molar-refractivity contribution >= 4 is 23.2 Å². The van der Waals surface area contributed by atoms with Gasteiger partial charge in [0.05, 0.1) is 0 Å². The summed E-state index contributed by atoms with van der Waals surface area (Å²) in [5, 5.41) is 8.39. The summed E-state index contributed by atoms with van der Waals surface area (Å²) in [6, 6.07) is 3.66. The minimum absolute atomic E-state index is 0.217. The highest BCUT2D eigenvalue weighted by atomic mass is 35.5. The molecule has 22 heavy (non-hydrogen) atoms. The second kappa shape index (κ2) is 6.47. The molecule has 0 aromatic carbocycles. The lowest BCUT2D eigenvalue weighted by molar-refractivity contribution is 0.382. The first-order valence-electron chi connectivity index (χ1n) is 7.36. The van der Waals surface area contributed by atoms with Crippen molar-refractivity contribution in [2.75, 3.05) is 0 Å². The molecule has 2 aromatic rings. The van der Waals surface area contributed by atoms with E-state index in [9.17, 15) is 4.39 Å². The van der Waals surface area contributed by atoms with E-state index in [0.29, 0.717) is 16.2 Å². The van der Waals surface area contributed by atoms with Crippen molar-refractivity contribution in [1.82, 2.24) is 15.2 Å². The smallest absolute Gasteiger partial charge is 0.216 e. The molecule has 3 nitrogen and oxygen atoms in total. The maximum absolute atomic E-state index is 14.0. The average molecular weight is 340 g/mol. The molecule has 1 fully saturated rings. The Morgan fingerprint density at radius 1 is 1.09 bits per heavy atom. The largest absolute Gasteiger partial charge is 0.228 e. The third kappa shape index (κ3) is 3.08. The van der Waals surface area contributed by atoms with E-state index in [0.717, 1.165) is 42.4 Å². The third-order valence-electron chi connectivity index (χ3n) is 4.48. The fourth-order valence-electron chi connectivity index (χ4n) is 3.37. The zero-order valence-electron chi connectivity index (χ0n) is 12.2. The molecule has 2 heterocycles. The van der Waals surface area contributed by atoms with Gasteiger partial charge in [0, 0.05) is 11.8 Å². The van der Waals surface area contributed by atoms with Crippen LogP contribution in [0.1, 0.15) is 54.2 Å². The fraction of sp³-hybridized carbons (Fsp3) is 0.438. The van der Waals surface area contributed by atoms with Crippen molar-refractivity contribution in [1.29, 1.82) is 0 Å². The van der Waals surface area contributed by atoms with Crippen LogP contribution >= 0.6 is 23.2 Å². The summed E-state index contributed by atoms with van der Waals surface area (Å²) in [6.07, 6.45) is 5.19. The predicted octanol–water partition coefficient (Wildman–Crippen LogP) is 5.07. The predicted molar refractivity (Wildman–Crippen MR) is 84.9 cm³/mol. The summed E-state index contributed by atoms with van der Waals surface area (Å²) in [5.41, 5.74) is 2.68.